The van der Waals surface area contributed by atoms with Crippen LogP contribution in [0.25, 0.3) is 0 Å². The molecule has 0 bridgehead atoms. The summed E-state index contributed by atoms with van der Waals surface area (Å²) >= 11 is 0. The smallest absolute Gasteiger partial charge is 0.0822 e. The van der Waals surface area contributed by atoms with E-state index in [1.165, 1.54) is 116 Å². The molecule has 0 aromatic heterocycles. The summed E-state index contributed by atoms with van der Waals surface area (Å²) in [6, 6.07) is 0. The molecule has 0 N–H and O–H groups in total. The molecule has 0 saturated heterocycles. The summed E-state index contributed by atoms with van der Waals surface area (Å²) in [6.45, 7) is 3.39. The molecule has 3 nitrogen and oxygen atoms in total. The highest BCUT2D eigenvalue weighted by Gasteiger charge is 2.24. The Balaban J connectivity index is 1.79. The number of ether oxygens (including phenoxy) is 1. The van der Waals surface area contributed by atoms with E-state index in [4.69, 9.17) is 14.5 Å². The molecular weight excluding hydrogens is 372 g/mol. The number of methoxy groups -OCH3 is 1. The molecule has 178 valence electrons. The van der Waals surface area contributed by atoms with Crippen LogP contribution in [-0.4, -0.2) is 26.4 Å². The second-order valence-corrected chi connectivity index (χ2v) is 10.1. The van der Waals surface area contributed by atoms with Gasteiger partial charge < -0.3 is 4.74 Å². The highest BCUT2D eigenvalue weighted by Crippen LogP contribution is 2.35. The fraction of sp³-hybridized carbons (Fsp3) is 1.00. The van der Waals surface area contributed by atoms with Gasteiger partial charge in [-0.3, -0.25) is 0 Å². The van der Waals surface area contributed by atoms with Gasteiger partial charge in [-0.05, 0) is 56.8 Å². The van der Waals surface area contributed by atoms with E-state index in [9.17, 15) is 0 Å². The maximum absolute atomic E-state index is 5.78. The average molecular weight is 425 g/mol. The minimum absolute atomic E-state index is 0.518. The van der Waals surface area contributed by atoms with E-state index in [0.29, 0.717) is 12.7 Å². The molecule has 0 aliphatic heterocycles. The Bertz CT molecular complexity index is 386. The summed E-state index contributed by atoms with van der Waals surface area (Å²) in [5.74, 6) is 2.83. The molecule has 0 amide bonds. The van der Waals surface area contributed by atoms with Gasteiger partial charge in [0.2, 0.25) is 0 Å². The van der Waals surface area contributed by atoms with Gasteiger partial charge >= 0.3 is 0 Å². The van der Waals surface area contributed by atoms with E-state index in [2.05, 4.69) is 0 Å². The van der Waals surface area contributed by atoms with E-state index in [-0.39, 0.29) is 0 Å². The topological polar surface area (TPSA) is 27.7 Å². The first-order valence-corrected chi connectivity index (χ1v) is 13.6. The van der Waals surface area contributed by atoms with E-state index >= 15 is 0 Å². The summed E-state index contributed by atoms with van der Waals surface area (Å²) in [5.41, 5.74) is 0. The SMILES string of the molecule is CCOOCCCC1CCCCCCC(C2CCCCCC(OC)CC2)CCCC1. The third kappa shape index (κ3) is 11.5. The maximum Gasteiger partial charge on any atom is 0.0822 e. The van der Waals surface area contributed by atoms with Crippen molar-refractivity contribution < 1.29 is 14.5 Å². The van der Waals surface area contributed by atoms with Gasteiger partial charge in [0, 0.05) is 7.11 Å². The van der Waals surface area contributed by atoms with Crippen LogP contribution in [0.3, 0.4) is 0 Å². The molecule has 2 rings (SSSR count). The van der Waals surface area contributed by atoms with Crippen LogP contribution >= 0.6 is 0 Å². The fourth-order valence-electron chi connectivity index (χ4n) is 6.01. The summed E-state index contributed by atoms with van der Waals surface area (Å²) in [4.78, 5) is 10.3. The zero-order valence-electron chi connectivity index (χ0n) is 20.4. The minimum atomic E-state index is 0.518. The Morgan fingerprint density at radius 3 is 1.87 bits per heavy atom. The zero-order chi connectivity index (χ0) is 21.3. The molecule has 3 heteroatoms. The molecule has 4 unspecified atom stereocenters. The minimum Gasteiger partial charge on any atom is -0.381 e. The standard InChI is InChI=1S/C27H52O3/c1-3-29-30-23-13-16-24-14-7-4-5-8-17-25(19-12-11-15-24)26-18-9-6-10-20-27(28-2)22-21-26/h24-27H,3-23H2,1-2H3. The van der Waals surface area contributed by atoms with Gasteiger partial charge in [0.1, 0.15) is 0 Å². The lowest BCUT2D eigenvalue weighted by molar-refractivity contribution is -0.291. The quantitative estimate of drug-likeness (QED) is 0.223. The van der Waals surface area contributed by atoms with Crippen molar-refractivity contribution in [1.82, 2.24) is 0 Å². The van der Waals surface area contributed by atoms with Crippen molar-refractivity contribution in [3.8, 4) is 0 Å². The predicted molar refractivity (Wildman–Crippen MR) is 127 cm³/mol. The lowest BCUT2D eigenvalue weighted by atomic mass is 9.77. The normalized spacial score (nSPS) is 31.0. The first-order chi connectivity index (χ1) is 14.8. The van der Waals surface area contributed by atoms with Gasteiger partial charge in [-0.1, -0.05) is 89.9 Å². The molecule has 0 aromatic rings. The molecule has 2 aliphatic carbocycles. The first kappa shape index (κ1) is 26.1. The summed E-state index contributed by atoms with van der Waals surface area (Å²) in [7, 11) is 1.92. The first-order valence-electron chi connectivity index (χ1n) is 13.6. The van der Waals surface area contributed by atoms with Crippen LogP contribution in [-0.2, 0) is 14.5 Å². The predicted octanol–water partition coefficient (Wildman–Crippen LogP) is 8.26. The van der Waals surface area contributed by atoms with Crippen LogP contribution in [0.1, 0.15) is 129 Å². The maximum atomic E-state index is 5.78. The molecule has 0 radical (unpaired) electrons. The number of rotatable bonds is 8. The van der Waals surface area contributed by atoms with Gasteiger partial charge in [-0.25, -0.2) is 9.78 Å². The van der Waals surface area contributed by atoms with Crippen LogP contribution in [0.2, 0.25) is 0 Å². The third-order valence-corrected chi connectivity index (χ3v) is 7.88. The van der Waals surface area contributed by atoms with Crippen molar-refractivity contribution in [2.24, 2.45) is 17.8 Å². The van der Waals surface area contributed by atoms with Crippen molar-refractivity contribution in [3.63, 3.8) is 0 Å². The van der Waals surface area contributed by atoms with Gasteiger partial charge in [-0.2, -0.15) is 0 Å². The summed E-state index contributed by atoms with van der Waals surface area (Å²) in [5, 5.41) is 0. The number of hydrogen-bond acceptors (Lipinski definition) is 3. The van der Waals surface area contributed by atoms with Crippen LogP contribution < -0.4 is 0 Å². The molecule has 4 atom stereocenters. The lowest BCUT2D eigenvalue weighted by Crippen LogP contribution is -2.18. The van der Waals surface area contributed by atoms with E-state index < -0.39 is 0 Å². The molecule has 0 spiro atoms. The fourth-order valence-corrected chi connectivity index (χ4v) is 6.01. The Labute approximate surface area is 187 Å². The van der Waals surface area contributed by atoms with Gasteiger partial charge in [-0.15, -0.1) is 0 Å². The molecule has 2 saturated carbocycles. The van der Waals surface area contributed by atoms with Crippen LogP contribution in [0.15, 0.2) is 0 Å². The largest absolute Gasteiger partial charge is 0.381 e. The second kappa shape index (κ2) is 17.4. The van der Waals surface area contributed by atoms with E-state index in [1.54, 1.807) is 0 Å². The monoisotopic (exact) mass is 424 g/mol. The summed E-state index contributed by atoms with van der Waals surface area (Å²) < 4.78 is 5.78. The highest BCUT2D eigenvalue weighted by molar-refractivity contribution is 4.76. The van der Waals surface area contributed by atoms with Crippen LogP contribution in [0.5, 0.6) is 0 Å². The summed E-state index contributed by atoms with van der Waals surface area (Å²) in [6.07, 6.45) is 27.2. The van der Waals surface area contributed by atoms with Crippen molar-refractivity contribution in [3.05, 3.63) is 0 Å². The molecule has 2 aliphatic rings. The third-order valence-electron chi connectivity index (χ3n) is 7.88. The second-order valence-electron chi connectivity index (χ2n) is 10.1. The van der Waals surface area contributed by atoms with Crippen molar-refractivity contribution >= 4 is 0 Å². The average Bonchev–Trinajstić information content (AvgIpc) is 2.87. The molecule has 0 heterocycles. The van der Waals surface area contributed by atoms with Gasteiger partial charge in [0.25, 0.3) is 0 Å². The lowest BCUT2D eigenvalue weighted by Gasteiger charge is -2.29. The van der Waals surface area contributed by atoms with Crippen molar-refractivity contribution in [2.75, 3.05) is 20.3 Å². The van der Waals surface area contributed by atoms with Crippen LogP contribution in [0, 0.1) is 17.8 Å². The van der Waals surface area contributed by atoms with Crippen molar-refractivity contribution in [1.29, 1.82) is 0 Å². The number of hydrogen-bond donors (Lipinski definition) is 0. The molecule has 2 fully saturated rings. The zero-order valence-corrected chi connectivity index (χ0v) is 20.4. The Kier molecular flexibility index (Phi) is 15.2. The Morgan fingerprint density at radius 2 is 1.17 bits per heavy atom. The Morgan fingerprint density at radius 1 is 0.600 bits per heavy atom. The molecular formula is C27H52O3. The molecule has 0 aromatic carbocycles. The molecule has 30 heavy (non-hydrogen) atoms. The van der Waals surface area contributed by atoms with E-state index in [0.717, 1.165) is 30.8 Å². The van der Waals surface area contributed by atoms with Crippen LogP contribution in [0.4, 0.5) is 0 Å². The van der Waals surface area contributed by atoms with Gasteiger partial charge in [0.05, 0.1) is 19.3 Å². The highest BCUT2D eigenvalue weighted by atomic mass is 17.2. The van der Waals surface area contributed by atoms with Crippen molar-refractivity contribution in [2.45, 2.75) is 135 Å². The van der Waals surface area contributed by atoms with Gasteiger partial charge in [0.15, 0.2) is 0 Å². The Hall–Kier alpha value is -0.120. The van der Waals surface area contributed by atoms with E-state index in [1.807, 2.05) is 14.0 Å².